The molecule has 1 N–H and O–H groups in total. The number of rotatable bonds is 3. The standard InChI is InChI=1S/C14H14F3N3O3/c1-8-11(19-23-18-8)6-20-5-10(7-21)22-13-3-2-9(4-12(13)20)14(15,16)17/h2-4,10,21H,5-7H2,1H3. The van der Waals surface area contributed by atoms with E-state index in [0.29, 0.717) is 17.1 Å². The summed E-state index contributed by atoms with van der Waals surface area (Å²) in [7, 11) is 0. The molecule has 1 atom stereocenters. The van der Waals surface area contributed by atoms with Gasteiger partial charge in [0.2, 0.25) is 0 Å². The molecule has 0 bridgehead atoms. The first-order chi connectivity index (χ1) is 10.9. The minimum atomic E-state index is -4.44. The van der Waals surface area contributed by atoms with Gasteiger partial charge in [-0.2, -0.15) is 13.2 Å². The van der Waals surface area contributed by atoms with E-state index in [0.717, 1.165) is 12.1 Å². The molecule has 0 aliphatic carbocycles. The zero-order chi connectivity index (χ0) is 16.6. The van der Waals surface area contributed by atoms with Crippen molar-refractivity contribution in [1.29, 1.82) is 0 Å². The number of alkyl halides is 3. The van der Waals surface area contributed by atoms with E-state index < -0.39 is 17.8 Å². The molecule has 0 amide bonds. The lowest BCUT2D eigenvalue weighted by atomic mass is 10.1. The van der Waals surface area contributed by atoms with Crippen LogP contribution in [0, 0.1) is 6.92 Å². The first-order valence-electron chi connectivity index (χ1n) is 6.90. The Kier molecular flexibility index (Phi) is 3.88. The summed E-state index contributed by atoms with van der Waals surface area (Å²) in [5, 5.41) is 16.7. The average Bonchev–Trinajstić information content (AvgIpc) is 2.91. The molecule has 1 aromatic carbocycles. The molecule has 9 heteroatoms. The average molecular weight is 329 g/mol. The lowest BCUT2D eigenvalue weighted by Gasteiger charge is -2.35. The van der Waals surface area contributed by atoms with Crippen molar-refractivity contribution in [3.63, 3.8) is 0 Å². The number of benzene rings is 1. The van der Waals surface area contributed by atoms with Crippen LogP contribution in [-0.2, 0) is 12.7 Å². The highest BCUT2D eigenvalue weighted by molar-refractivity contribution is 5.62. The zero-order valence-corrected chi connectivity index (χ0v) is 12.2. The quantitative estimate of drug-likeness (QED) is 0.930. The lowest BCUT2D eigenvalue weighted by Crippen LogP contribution is -2.42. The van der Waals surface area contributed by atoms with Crippen LogP contribution in [0.1, 0.15) is 17.0 Å². The summed E-state index contributed by atoms with van der Waals surface area (Å²) in [4.78, 5) is 1.67. The lowest BCUT2D eigenvalue weighted by molar-refractivity contribution is -0.137. The molecule has 0 radical (unpaired) electrons. The van der Waals surface area contributed by atoms with Gasteiger partial charge >= 0.3 is 6.18 Å². The monoisotopic (exact) mass is 329 g/mol. The number of ether oxygens (including phenoxy) is 1. The van der Waals surface area contributed by atoms with Gasteiger partial charge in [0.25, 0.3) is 0 Å². The van der Waals surface area contributed by atoms with E-state index in [9.17, 15) is 18.3 Å². The first-order valence-corrected chi connectivity index (χ1v) is 6.90. The van der Waals surface area contributed by atoms with Crippen LogP contribution < -0.4 is 9.64 Å². The zero-order valence-electron chi connectivity index (χ0n) is 12.2. The minimum Gasteiger partial charge on any atom is -0.484 e. The van der Waals surface area contributed by atoms with Crippen molar-refractivity contribution < 1.29 is 27.6 Å². The fourth-order valence-electron chi connectivity index (χ4n) is 2.42. The fraction of sp³-hybridized carbons (Fsp3) is 0.429. The number of aryl methyl sites for hydroxylation is 1. The van der Waals surface area contributed by atoms with Crippen LogP contribution in [-0.4, -0.2) is 34.7 Å². The Balaban J connectivity index is 1.98. The van der Waals surface area contributed by atoms with Crippen molar-refractivity contribution in [2.24, 2.45) is 0 Å². The normalized spacial score (nSPS) is 17.8. The van der Waals surface area contributed by atoms with Crippen LogP contribution in [0.5, 0.6) is 5.75 Å². The van der Waals surface area contributed by atoms with Crippen molar-refractivity contribution in [3.05, 3.63) is 35.2 Å². The van der Waals surface area contributed by atoms with Crippen molar-refractivity contribution >= 4 is 5.69 Å². The summed E-state index contributed by atoms with van der Waals surface area (Å²) < 4.78 is 48.9. The van der Waals surface area contributed by atoms with Crippen LogP contribution in [0.3, 0.4) is 0 Å². The molecule has 1 unspecified atom stereocenters. The van der Waals surface area contributed by atoms with E-state index >= 15 is 0 Å². The van der Waals surface area contributed by atoms with Gasteiger partial charge in [-0.25, -0.2) is 4.63 Å². The Morgan fingerprint density at radius 2 is 2.13 bits per heavy atom. The molecule has 6 nitrogen and oxygen atoms in total. The second-order valence-electron chi connectivity index (χ2n) is 5.28. The van der Waals surface area contributed by atoms with Crippen molar-refractivity contribution in [3.8, 4) is 5.75 Å². The highest BCUT2D eigenvalue weighted by Crippen LogP contribution is 2.39. The number of nitrogens with zero attached hydrogens (tertiary/aromatic N) is 3. The summed E-state index contributed by atoms with van der Waals surface area (Å²) in [6, 6.07) is 3.26. The highest BCUT2D eigenvalue weighted by Gasteiger charge is 2.34. The van der Waals surface area contributed by atoms with Crippen LogP contribution in [0.15, 0.2) is 22.8 Å². The molecule has 2 aromatic rings. The number of anilines is 1. The van der Waals surface area contributed by atoms with Crippen LogP contribution in [0.4, 0.5) is 18.9 Å². The van der Waals surface area contributed by atoms with E-state index in [1.807, 2.05) is 0 Å². The Bertz CT molecular complexity index is 702. The molecule has 124 valence electrons. The van der Waals surface area contributed by atoms with Gasteiger partial charge < -0.3 is 14.7 Å². The molecule has 0 saturated carbocycles. The number of hydrogen-bond donors (Lipinski definition) is 1. The maximum Gasteiger partial charge on any atom is 0.416 e. The van der Waals surface area contributed by atoms with Gasteiger partial charge in [-0.3, -0.25) is 0 Å². The molecule has 2 heterocycles. The van der Waals surface area contributed by atoms with E-state index in [2.05, 4.69) is 14.9 Å². The second-order valence-corrected chi connectivity index (χ2v) is 5.28. The van der Waals surface area contributed by atoms with E-state index in [4.69, 9.17) is 4.74 Å². The predicted molar refractivity (Wildman–Crippen MR) is 73.0 cm³/mol. The second kappa shape index (κ2) is 5.73. The summed E-state index contributed by atoms with van der Waals surface area (Å²) >= 11 is 0. The predicted octanol–water partition coefficient (Wildman–Crippen LogP) is 2.16. The number of halogens is 3. The van der Waals surface area contributed by atoms with Gasteiger partial charge in [0.1, 0.15) is 23.2 Å². The molecule has 23 heavy (non-hydrogen) atoms. The summed E-state index contributed by atoms with van der Waals surface area (Å²) in [5.74, 6) is 0.289. The molecule has 1 aromatic heterocycles. The third kappa shape index (κ3) is 3.09. The number of aliphatic hydroxyl groups excluding tert-OH is 1. The van der Waals surface area contributed by atoms with Gasteiger partial charge in [-0.1, -0.05) is 10.3 Å². The van der Waals surface area contributed by atoms with E-state index in [1.54, 1.807) is 11.8 Å². The van der Waals surface area contributed by atoms with E-state index in [-0.39, 0.29) is 25.4 Å². The van der Waals surface area contributed by atoms with Crippen molar-refractivity contribution in [2.75, 3.05) is 18.1 Å². The SMILES string of the molecule is Cc1nonc1CN1CC(CO)Oc2ccc(C(F)(F)F)cc21. The van der Waals surface area contributed by atoms with Crippen LogP contribution in [0.25, 0.3) is 0 Å². The Morgan fingerprint density at radius 3 is 2.74 bits per heavy atom. The topological polar surface area (TPSA) is 71.6 Å². The van der Waals surface area contributed by atoms with Gasteiger partial charge in [0.15, 0.2) is 0 Å². The molecule has 0 spiro atoms. The maximum absolute atomic E-state index is 12.9. The number of aliphatic hydroxyl groups is 1. The minimum absolute atomic E-state index is 0.212. The third-order valence-corrected chi connectivity index (χ3v) is 3.64. The molecule has 1 aliphatic rings. The van der Waals surface area contributed by atoms with Crippen LogP contribution in [0.2, 0.25) is 0 Å². The van der Waals surface area contributed by atoms with E-state index in [1.165, 1.54) is 6.07 Å². The molecule has 0 fully saturated rings. The molecule has 3 rings (SSSR count). The number of fused-ring (bicyclic) bond motifs is 1. The smallest absolute Gasteiger partial charge is 0.416 e. The summed E-state index contributed by atoms with van der Waals surface area (Å²) in [6.07, 6.45) is -4.97. The van der Waals surface area contributed by atoms with Gasteiger partial charge in [0.05, 0.1) is 30.9 Å². The third-order valence-electron chi connectivity index (χ3n) is 3.64. The molecular formula is C14H14F3N3O3. The molecular weight excluding hydrogens is 315 g/mol. The summed E-state index contributed by atoms with van der Waals surface area (Å²) in [5.41, 5.74) is 0.617. The Labute approximate surface area is 129 Å². The van der Waals surface area contributed by atoms with Gasteiger partial charge in [-0.15, -0.1) is 0 Å². The Morgan fingerprint density at radius 1 is 1.35 bits per heavy atom. The molecule has 1 aliphatic heterocycles. The highest BCUT2D eigenvalue weighted by atomic mass is 19.4. The van der Waals surface area contributed by atoms with Crippen molar-refractivity contribution in [1.82, 2.24) is 10.3 Å². The first kappa shape index (κ1) is 15.6. The van der Waals surface area contributed by atoms with Gasteiger partial charge in [0, 0.05) is 0 Å². The van der Waals surface area contributed by atoms with Gasteiger partial charge in [-0.05, 0) is 25.1 Å². The molecule has 0 saturated heterocycles. The fourth-order valence-corrected chi connectivity index (χ4v) is 2.42. The number of hydrogen-bond acceptors (Lipinski definition) is 6. The Hall–Kier alpha value is -2.29. The van der Waals surface area contributed by atoms with Crippen LogP contribution >= 0.6 is 0 Å². The number of aromatic nitrogens is 2. The van der Waals surface area contributed by atoms with Crippen molar-refractivity contribution in [2.45, 2.75) is 25.7 Å². The maximum atomic E-state index is 12.9. The summed E-state index contributed by atoms with van der Waals surface area (Å²) in [6.45, 7) is 1.90. The largest absolute Gasteiger partial charge is 0.484 e.